The van der Waals surface area contributed by atoms with Crippen LogP contribution in [0.3, 0.4) is 0 Å². The van der Waals surface area contributed by atoms with E-state index in [-0.39, 0.29) is 22.6 Å². The van der Waals surface area contributed by atoms with Crippen LogP contribution in [-0.4, -0.2) is 21.2 Å². The van der Waals surface area contributed by atoms with E-state index in [1.807, 2.05) is 39.0 Å². The van der Waals surface area contributed by atoms with E-state index >= 15 is 0 Å². The largest absolute Gasteiger partial charge is 0.325 e. The smallest absolute Gasteiger partial charge is 0.258 e. The highest BCUT2D eigenvalue weighted by Gasteiger charge is 2.43. The van der Waals surface area contributed by atoms with Gasteiger partial charge in [-0.1, -0.05) is 73.0 Å². The van der Waals surface area contributed by atoms with E-state index in [1.54, 1.807) is 4.57 Å². The average molecular weight is 488 g/mol. The highest BCUT2D eigenvalue weighted by molar-refractivity contribution is 7.99. The molecule has 0 bridgehead atoms. The van der Waals surface area contributed by atoms with E-state index in [9.17, 15) is 9.59 Å². The Balaban J connectivity index is 1.50. The second-order valence-corrected chi connectivity index (χ2v) is 10.9. The van der Waals surface area contributed by atoms with Crippen LogP contribution in [0.5, 0.6) is 0 Å². The molecule has 2 aliphatic rings. The van der Waals surface area contributed by atoms with Crippen molar-refractivity contribution in [2.24, 2.45) is 0 Å². The first-order chi connectivity index (χ1) is 16.9. The van der Waals surface area contributed by atoms with Crippen LogP contribution >= 0.6 is 11.8 Å². The summed E-state index contributed by atoms with van der Waals surface area (Å²) in [6, 6.07) is 14.4. The lowest BCUT2D eigenvalue weighted by atomic mass is 9.62. The van der Waals surface area contributed by atoms with Crippen LogP contribution in [0.15, 0.2) is 52.4 Å². The third kappa shape index (κ3) is 4.44. The van der Waals surface area contributed by atoms with Gasteiger partial charge in [-0.25, -0.2) is 4.98 Å². The number of amides is 1. The van der Waals surface area contributed by atoms with E-state index in [0.717, 1.165) is 65.7 Å². The number of carbonyl (C=O) groups excluding carboxylic acids is 1. The number of anilines is 1. The van der Waals surface area contributed by atoms with Gasteiger partial charge in [0.25, 0.3) is 5.56 Å². The van der Waals surface area contributed by atoms with E-state index in [1.165, 1.54) is 23.7 Å². The number of rotatable bonds is 5. The molecule has 1 spiro atoms. The highest BCUT2D eigenvalue weighted by atomic mass is 32.2. The fraction of sp³-hybridized carbons (Fsp3) is 0.414. The molecule has 5 nitrogen and oxygen atoms in total. The Morgan fingerprint density at radius 1 is 1.11 bits per heavy atom. The minimum atomic E-state index is -0.119. The van der Waals surface area contributed by atoms with E-state index < -0.39 is 0 Å². The van der Waals surface area contributed by atoms with Gasteiger partial charge in [-0.3, -0.25) is 14.2 Å². The number of carbonyl (C=O) groups is 1. The van der Waals surface area contributed by atoms with Crippen LogP contribution < -0.4 is 10.9 Å². The summed E-state index contributed by atoms with van der Waals surface area (Å²) in [4.78, 5) is 31.8. The quantitative estimate of drug-likeness (QED) is 0.352. The molecule has 1 saturated carbocycles. The Morgan fingerprint density at radius 3 is 2.63 bits per heavy atom. The average Bonchev–Trinajstić information content (AvgIpc) is 2.85. The third-order valence-electron chi connectivity index (χ3n) is 7.58. The molecule has 3 aromatic rings. The highest BCUT2D eigenvalue weighted by Crippen LogP contribution is 2.48. The van der Waals surface area contributed by atoms with E-state index in [2.05, 4.69) is 29.6 Å². The Labute approximate surface area is 211 Å². The minimum Gasteiger partial charge on any atom is -0.325 e. The maximum atomic E-state index is 14.0. The van der Waals surface area contributed by atoms with Crippen LogP contribution in [-0.2, 0) is 23.2 Å². The molecule has 0 saturated heterocycles. The fourth-order valence-electron chi connectivity index (χ4n) is 5.88. The number of nitrogens with one attached hydrogen (secondary N) is 1. The van der Waals surface area contributed by atoms with Crippen LogP contribution in [0.25, 0.3) is 11.3 Å². The van der Waals surface area contributed by atoms with Gasteiger partial charge in [0.1, 0.15) is 0 Å². The SMILES string of the molecule is CCn1c(SCC(=O)Nc2ccc(C)cc2C)nc2c(c1=O)C1(CCCCC1)Cc1ccccc1-2. The Bertz CT molecular complexity index is 1340. The summed E-state index contributed by atoms with van der Waals surface area (Å²) in [6.45, 7) is 6.56. The lowest BCUT2D eigenvalue weighted by molar-refractivity contribution is -0.113. The molecule has 0 radical (unpaired) electrons. The molecule has 1 aromatic heterocycles. The van der Waals surface area contributed by atoms with Crippen molar-refractivity contribution >= 4 is 23.4 Å². The molecule has 2 aromatic carbocycles. The molecule has 1 amide bonds. The molecular formula is C29H33N3O2S. The van der Waals surface area contributed by atoms with Gasteiger partial charge in [-0.05, 0) is 57.2 Å². The topological polar surface area (TPSA) is 64.0 Å². The van der Waals surface area contributed by atoms with E-state index in [0.29, 0.717) is 11.7 Å². The first kappa shape index (κ1) is 23.9. The Hall–Kier alpha value is -2.86. The lowest BCUT2D eigenvalue weighted by Crippen LogP contribution is -2.43. The number of fused-ring (bicyclic) bond motifs is 4. The number of aromatic nitrogens is 2. The van der Waals surface area contributed by atoms with Gasteiger partial charge in [-0.15, -0.1) is 0 Å². The fourth-order valence-corrected chi connectivity index (χ4v) is 6.74. The summed E-state index contributed by atoms with van der Waals surface area (Å²) < 4.78 is 1.78. The van der Waals surface area contributed by atoms with Crippen LogP contribution in [0.4, 0.5) is 5.69 Å². The summed E-state index contributed by atoms with van der Waals surface area (Å²) in [5.74, 6) is 0.103. The second kappa shape index (κ2) is 9.65. The van der Waals surface area contributed by atoms with Crippen molar-refractivity contribution < 1.29 is 4.79 Å². The zero-order chi connectivity index (χ0) is 24.6. The van der Waals surface area contributed by atoms with Crippen LogP contribution in [0.2, 0.25) is 0 Å². The molecule has 35 heavy (non-hydrogen) atoms. The molecule has 2 aliphatic carbocycles. The van der Waals surface area contributed by atoms with E-state index in [4.69, 9.17) is 4.98 Å². The third-order valence-corrected chi connectivity index (χ3v) is 8.56. The van der Waals surface area contributed by atoms with Gasteiger partial charge >= 0.3 is 0 Å². The number of thioether (sulfide) groups is 1. The summed E-state index contributed by atoms with van der Waals surface area (Å²) in [5, 5.41) is 3.63. The Kier molecular flexibility index (Phi) is 6.58. The van der Waals surface area contributed by atoms with Crippen LogP contribution in [0, 0.1) is 13.8 Å². The summed E-state index contributed by atoms with van der Waals surface area (Å²) in [5.41, 5.74) is 7.07. The predicted molar refractivity (Wildman–Crippen MR) is 143 cm³/mol. The molecule has 1 fully saturated rings. The summed E-state index contributed by atoms with van der Waals surface area (Å²) >= 11 is 1.34. The first-order valence-electron chi connectivity index (χ1n) is 12.7. The standard InChI is InChI=1S/C29H33N3O2S/c1-4-32-27(34)25-26(22-11-7-6-10-21(22)17-29(25)14-8-5-9-15-29)31-28(32)35-18-24(33)30-23-13-12-19(2)16-20(23)3/h6-7,10-13,16H,4-5,8-9,14-15,17-18H2,1-3H3,(H,30,33). The van der Waals surface area contributed by atoms with Gasteiger partial charge in [0.2, 0.25) is 5.91 Å². The number of benzene rings is 2. The van der Waals surface area contributed by atoms with Crippen LogP contribution in [0.1, 0.15) is 61.3 Å². The molecular weight excluding hydrogens is 454 g/mol. The van der Waals surface area contributed by atoms with Gasteiger partial charge in [0, 0.05) is 23.2 Å². The minimum absolute atomic E-state index is 0.0752. The predicted octanol–water partition coefficient (Wildman–Crippen LogP) is 6.04. The van der Waals surface area contributed by atoms with Gasteiger partial charge < -0.3 is 5.32 Å². The molecule has 6 heteroatoms. The van der Waals surface area contributed by atoms with Crippen molar-refractivity contribution in [3.63, 3.8) is 0 Å². The molecule has 182 valence electrons. The number of hydrogen-bond donors (Lipinski definition) is 1. The van der Waals surface area contributed by atoms with Gasteiger partial charge in [-0.2, -0.15) is 0 Å². The Morgan fingerprint density at radius 2 is 1.89 bits per heavy atom. The van der Waals surface area contributed by atoms with Crippen molar-refractivity contribution in [1.82, 2.24) is 9.55 Å². The number of nitrogens with zero attached hydrogens (tertiary/aromatic N) is 2. The molecule has 0 atom stereocenters. The second-order valence-electron chi connectivity index (χ2n) is 10.00. The van der Waals surface area contributed by atoms with Crippen molar-refractivity contribution in [3.05, 3.63) is 75.1 Å². The lowest BCUT2D eigenvalue weighted by Gasteiger charge is -2.42. The van der Waals surface area contributed by atoms with Crippen molar-refractivity contribution in [1.29, 1.82) is 0 Å². The van der Waals surface area contributed by atoms with Crippen molar-refractivity contribution in [2.45, 2.75) is 76.4 Å². The molecule has 1 N–H and O–H groups in total. The zero-order valence-corrected chi connectivity index (χ0v) is 21.6. The monoisotopic (exact) mass is 487 g/mol. The maximum Gasteiger partial charge on any atom is 0.258 e. The molecule has 0 unspecified atom stereocenters. The molecule has 5 rings (SSSR count). The van der Waals surface area contributed by atoms with Crippen molar-refractivity contribution in [2.75, 3.05) is 11.1 Å². The molecule has 1 heterocycles. The maximum absolute atomic E-state index is 14.0. The number of aryl methyl sites for hydroxylation is 2. The van der Waals surface area contributed by atoms with Gasteiger partial charge in [0.05, 0.1) is 17.0 Å². The normalized spacial score (nSPS) is 16.0. The zero-order valence-electron chi connectivity index (χ0n) is 20.8. The summed E-state index contributed by atoms with van der Waals surface area (Å²) in [7, 11) is 0. The van der Waals surface area contributed by atoms with Gasteiger partial charge in [0.15, 0.2) is 5.16 Å². The molecule has 0 aliphatic heterocycles. The summed E-state index contributed by atoms with van der Waals surface area (Å²) in [6.07, 6.45) is 6.54. The first-order valence-corrected chi connectivity index (χ1v) is 13.6. The van der Waals surface area contributed by atoms with Crippen molar-refractivity contribution in [3.8, 4) is 11.3 Å². The number of hydrogen-bond acceptors (Lipinski definition) is 4.